The van der Waals surface area contributed by atoms with Crippen LogP contribution in [0.3, 0.4) is 0 Å². The van der Waals surface area contributed by atoms with Crippen LogP contribution in [-0.4, -0.2) is 36.0 Å². The maximum absolute atomic E-state index is 14.8. The second-order valence-electron chi connectivity index (χ2n) is 7.82. The molecule has 0 aromatic heterocycles. The highest BCUT2D eigenvalue weighted by molar-refractivity contribution is 6.34. The number of para-hydroxylation sites is 1. The van der Waals surface area contributed by atoms with Crippen molar-refractivity contribution in [2.45, 2.75) is 33.3 Å². The van der Waals surface area contributed by atoms with Crippen molar-refractivity contribution < 1.29 is 23.1 Å². The quantitative estimate of drug-likeness (QED) is 0.627. The van der Waals surface area contributed by atoms with Crippen LogP contribution >= 0.6 is 11.6 Å². The molecule has 1 atom stereocenters. The van der Waals surface area contributed by atoms with E-state index in [1.54, 1.807) is 18.7 Å². The lowest BCUT2D eigenvalue weighted by Gasteiger charge is -2.19. The van der Waals surface area contributed by atoms with Crippen LogP contribution in [0.1, 0.15) is 37.6 Å². The van der Waals surface area contributed by atoms with Gasteiger partial charge in [-0.15, -0.1) is 0 Å². The molecule has 1 aliphatic heterocycles. The number of rotatable bonds is 5. The van der Waals surface area contributed by atoms with Gasteiger partial charge in [-0.3, -0.25) is 4.79 Å². The van der Waals surface area contributed by atoms with E-state index in [2.05, 4.69) is 10.6 Å². The number of anilines is 2. The molecule has 1 heterocycles. The molecule has 2 N–H and O–H groups in total. The van der Waals surface area contributed by atoms with Gasteiger partial charge in [0.05, 0.1) is 28.1 Å². The first kappa shape index (κ1) is 22.8. The Morgan fingerprint density at radius 1 is 1.19 bits per heavy atom. The number of carbonyl (C=O) groups excluding carboxylic acids is 2. The minimum atomic E-state index is -0.818. The van der Waals surface area contributed by atoms with Crippen LogP contribution in [0.2, 0.25) is 5.02 Å². The number of urea groups is 1. The Balaban J connectivity index is 1.88. The predicted molar refractivity (Wildman–Crippen MR) is 116 cm³/mol. The average Bonchev–Trinajstić information content (AvgIpc) is 3.13. The van der Waals surface area contributed by atoms with Crippen molar-refractivity contribution in [1.29, 1.82) is 0 Å². The molecule has 3 rings (SSSR count). The van der Waals surface area contributed by atoms with Crippen LogP contribution in [0.5, 0.6) is 5.75 Å². The maximum Gasteiger partial charge on any atom is 0.321 e. The smallest absolute Gasteiger partial charge is 0.321 e. The highest BCUT2D eigenvalue weighted by atomic mass is 35.5. The fraction of sp³-hybridized carbons (Fsp3) is 0.364. The molecule has 0 radical (unpaired) electrons. The molecule has 0 saturated carbocycles. The van der Waals surface area contributed by atoms with Crippen LogP contribution in [0.15, 0.2) is 30.3 Å². The van der Waals surface area contributed by atoms with Gasteiger partial charge in [0, 0.05) is 19.2 Å². The van der Waals surface area contributed by atoms with Crippen molar-refractivity contribution in [2.24, 2.45) is 5.92 Å². The minimum absolute atomic E-state index is 0.00359. The van der Waals surface area contributed by atoms with Gasteiger partial charge in [-0.05, 0) is 44.4 Å². The van der Waals surface area contributed by atoms with Crippen LogP contribution in [0, 0.1) is 17.6 Å². The van der Waals surface area contributed by atoms with Gasteiger partial charge in [-0.2, -0.15) is 0 Å². The molecule has 9 heteroatoms. The summed E-state index contributed by atoms with van der Waals surface area (Å²) >= 11 is 5.96. The molecule has 1 fully saturated rings. The standard InChI is InChI=1S/C22H24ClF2N3O3/c1-12(2)31-19-10-18(26-22(30)28-8-7-13(3)11-28)17(25)9-14(19)21(29)27-20-15(23)5-4-6-16(20)24/h4-6,9-10,12-13H,7-8,11H2,1-3H3,(H,26,30)(H,27,29). The van der Waals surface area contributed by atoms with Gasteiger partial charge < -0.3 is 20.3 Å². The summed E-state index contributed by atoms with van der Waals surface area (Å²) in [5, 5.41) is 4.90. The van der Waals surface area contributed by atoms with Gasteiger partial charge in [0.2, 0.25) is 0 Å². The van der Waals surface area contributed by atoms with Gasteiger partial charge in [-0.1, -0.05) is 24.6 Å². The Hall–Kier alpha value is -2.87. The lowest BCUT2D eigenvalue weighted by Crippen LogP contribution is -2.33. The molecule has 2 aromatic rings. The van der Waals surface area contributed by atoms with Crippen molar-refractivity contribution in [3.63, 3.8) is 0 Å². The SMILES string of the molecule is CC1CCN(C(=O)Nc2cc(OC(C)C)c(C(=O)Nc3c(F)cccc3Cl)cc2F)C1. The summed E-state index contributed by atoms with van der Waals surface area (Å²) in [6.45, 7) is 6.70. The van der Waals surface area contributed by atoms with Crippen molar-refractivity contribution in [1.82, 2.24) is 4.90 Å². The molecule has 31 heavy (non-hydrogen) atoms. The third-order valence-electron chi connectivity index (χ3n) is 4.83. The summed E-state index contributed by atoms with van der Waals surface area (Å²) in [7, 11) is 0. The van der Waals surface area contributed by atoms with E-state index < -0.39 is 23.6 Å². The number of hydrogen-bond donors (Lipinski definition) is 2. The molecular weight excluding hydrogens is 428 g/mol. The van der Waals surface area contributed by atoms with Gasteiger partial charge >= 0.3 is 6.03 Å². The average molecular weight is 452 g/mol. The first-order valence-electron chi connectivity index (χ1n) is 9.97. The third kappa shape index (κ3) is 5.44. The fourth-order valence-electron chi connectivity index (χ4n) is 3.29. The molecular formula is C22H24ClF2N3O3. The molecule has 166 valence electrons. The molecule has 3 amide bonds. The lowest BCUT2D eigenvalue weighted by molar-refractivity contribution is 0.102. The second-order valence-corrected chi connectivity index (χ2v) is 8.22. The number of nitrogens with one attached hydrogen (secondary N) is 2. The van der Waals surface area contributed by atoms with E-state index in [1.807, 2.05) is 6.92 Å². The number of nitrogens with zero attached hydrogens (tertiary/aromatic N) is 1. The number of carbonyl (C=O) groups is 2. The third-order valence-corrected chi connectivity index (χ3v) is 5.15. The molecule has 0 bridgehead atoms. The highest BCUT2D eigenvalue weighted by Crippen LogP contribution is 2.31. The van der Waals surface area contributed by atoms with Crippen molar-refractivity contribution in [3.8, 4) is 5.75 Å². The summed E-state index contributed by atoms with van der Waals surface area (Å²) in [5.74, 6) is -1.91. The number of hydrogen-bond acceptors (Lipinski definition) is 3. The zero-order valence-corrected chi connectivity index (χ0v) is 18.2. The van der Waals surface area contributed by atoms with E-state index in [4.69, 9.17) is 16.3 Å². The number of ether oxygens (including phenoxy) is 1. The van der Waals surface area contributed by atoms with Crippen molar-refractivity contribution in [2.75, 3.05) is 23.7 Å². The van der Waals surface area contributed by atoms with Gasteiger partial charge in [0.25, 0.3) is 5.91 Å². The van der Waals surface area contributed by atoms with Crippen LogP contribution in [0.4, 0.5) is 25.0 Å². The summed E-state index contributed by atoms with van der Waals surface area (Å²) < 4.78 is 34.5. The number of amides is 3. The highest BCUT2D eigenvalue weighted by Gasteiger charge is 2.25. The van der Waals surface area contributed by atoms with E-state index in [1.165, 1.54) is 18.2 Å². The van der Waals surface area contributed by atoms with Gasteiger partial charge in [0.15, 0.2) is 0 Å². The zero-order valence-electron chi connectivity index (χ0n) is 17.5. The number of halogens is 3. The lowest BCUT2D eigenvalue weighted by atomic mass is 10.1. The predicted octanol–water partition coefficient (Wildman–Crippen LogP) is 5.53. The van der Waals surface area contributed by atoms with Crippen molar-refractivity contribution in [3.05, 3.63) is 52.6 Å². The van der Waals surface area contributed by atoms with E-state index in [0.717, 1.165) is 18.6 Å². The Morgan fingerprint density at radius 3 is 2.55 bits per heavy atom. The van der Waals surface area contributed by atoms with E-state index in [0.29, 0.717) is 19.0 Å². The second kappa shape index (κ2) is 9.51. The molecule has 1 saturated heterocycles. The topological polar surface area (TPSA) is 70.7 Å². The van der Waals surface area contributed by atoms with Crippen molar-refractivity contribution >= 4 is 34.9 Å². The molecule has 1 unspecified atom stereocenters. The molecule has 6 nitrogen and oxygen atoms in total. The molecule has 0 spiro atoms. The summed E-state index contributed by atoms with van der Waals surface area (Å²) in [5.41, 5.74) is -0.482. The zero-order chi connectivity index (χ0) is 22.7. The van der Waals surface area contributed by atoms with E-state index in [9.17, 15) is 18.4 Å². The fourth-order valence-corrected chi connectivity index (χ4v) is 3.50. The van der Waals surface area contributed by atoms with E-state index in [-0.39, 0.29) is 33.8 Å². The summed E-state index contributed by atoms with van der Waals surface area (Å²) in [6.07, 6.45) is 0.548. The molecule has 1 aliphatic rings. The first-order valence-corrected chi connectivity index (χ1v) is 10.3. The van der Waals surface area contributed by atoms with E-state index >= 15 is 0 Å². The van der Waals surface area contributed by atoms with Crippen LogP contribution < -0.4 is 15.4 Å². The van der Waals surface area contributed by atoms with Crippen LogP contribution in [-0.2, 0) is 0 Å². The minimum Gasteiger partial charge on any atom is -0.490 e. The number of benzene rings is 2. The Bertz CT molecular complexity index is 980. The number of likely N-dealkylation sites (tertiary alicyclic amines) is 1. The van der Waals surface area contributed by atoms with Crippen LogP contribution in [0.25, 0.3) is 0 Å². The summed E-state index contributed by atoms with van der Waals surface area (Å²) in [4.78, 5) is 26.8. The van der Waals surface area contributed by atoms with Gasteiger partial charge in [0.1, 0.15) is 17.4 Å². The maximum atomic E-state index is 14.8. The molecule has 0 aliphatic carbocycles. The molecule has 2 aromatic carbocycles. The Kier molecular flexibility index (Phi) is 7.00. The first-order chi connectivity index (χ1) is 14.7. The summed E-state index contributed by atoms with van der Waals surface area (Å²) in [6, 6.07) is 5.75. The monoisotopic (exact) mass is 451 g/mol. The van der Waals surface area contributed by atoms with Gasteiger partial charge in [-0.25, -0.2) is 13.6 Å². The largest absolute Gasteiger partial charge is 0.490 e. The Labute approximate surface area is 184 Å². The Morgan fingerprint density at radius 2 is 1.94 bits per heavy atom. The normalized spacial score (nSPS) is 15.8.